The number of nitrogens with zero attached hydrogens (tertiary/aromatic N) is 1. The number of H-pyrrole nitrogens is 1. The van der Waals surface area contributed by atoms with Gasteiger partial charge in [-0.3, -0.25) is 14.5 Å². The van der Waals surface area contributed by atoms with E-state index in [1.165, 1.54) is 4.90 Å². The monoisotopic (exact) mass is 519 g/mol. The van der Waals surface area contributed by atoms with Crippen molar-refractivity contribution >= 4 is 46.1 Å². The number of carbonyl (C=O) groups excluding carboxylic acids is 3. The van der Waals surface area contributed by atoms with Crippen molar-refractivity contribution in [3.05, 3.63) is 60.3 Å². The van der Waals surface area contributed by atoms with Crippen molar-refractivity contribution in [3.8, 4) is 0 Å². The topological polar surface area (TPSA) is 144 Å². The molecule has 1 aliphatic heterocycles. The first kappa shape index (κ1) is 26.7. The number of carboxylic acid groups (broad SMARTS) is 1. The second-order valence-electron chi connectivity index (χ2n) is 10.2. The van der Waals surface area contributed by atoms with Crippen LogP contribution in [0.5, 0.6) is 0 Å². The summed E-state index contributed by atoms with van der Waals surface area (Å²) in [7, 11) is 0. The zero-order chi connectivity index (χ0) is 27.6. The largest absolute Gasteiger partial charge is 0.480 e. The van der Waals surface area contributed by atoms with Crippen LogP contribution in [0, 0.1) is 11.8 Å². The van der Waals surface area contributed by atoms with E-state index in [2.05, 4.69) is 20.9 Å². The van der Waals surface area contributed by atoms with E-state index in [-0.39, 0.29) is 24.2 Å². The Balaban J connectivity index is 1.55. The van der Waals surface area contributed by atoms with E-state index >= 15 is 0 Å². The SMILES string of the molecule is CC(C)[C@H]1C(=O)Nc2ccccc2N1C(=O)N[C@@H](C(=O)N[C@@H](Cc1c[nH]c2ccccc12)C(=O)O)C(C)C. The molecule has 10 heteroatoms. The van der Waals surface area contributed by atoms with E-state index in [1.807, 2.05) is 38.1 Å². The number of aromatic nitrogens is 1. The number of benzene rings is 2. The Bertz CT molecular complexity index is 1360. The molecule has 1 aromatic heterocycles. The van der Waals surface area contributed by atoms with Gasteiger partial charge in [0.2, 0.25) is 11.8 Å². The predicted molar refractivity (Wildman–Crippen MR) is 145 cm³/mol. The van der Waals surface area contributed by atoms with E-state index in [4.69, 9.17) is 0 Å². The first-order chi connectivity index (χ1) is 18.1. The molecular formula is C28H33N5O5. The van der Waals surface area contributed by atoms with Crippen LogP contribution in [0.25, 0.3) is 10.9 Å². The van der Waals surface area contributed by atoms with Crippen LogP contribution in [0.15, 0.2) is 54.7 Å². The summed E-state index contributed by atoms with van der Waals surface area (Å²) in [6.07, 6.45) is 1.80. The lowest BCUT2D eigenvalue weighted by molar-refractivity contribution is -0.142. The van der Waals surface area contributed by atoms with Gasteiger partial charge in [-0.1, -0.05) is 58.0 Å². The molecule has 5 N–H and O–H groups in total. The van der Waals surface area contributed by atoms with Gasteiger partial charge >= 0.3 is 12.0 Å². The van der Waals surface area contributed by atoms with Crippen LogP contribution in [-0.4, -0.2) is 52.0 Å². The lowest BCUT2D eigenvalue weighted by atomic mass is 9.97. The van der Waals surface area contributed by atoms with Gasteiger partial charge in [0.15, 0.2) is 0 Å². The highest BCUT2D eigenvalue weighted by molar-refractivity contribution is 6.12. The highest BCUT2D eigenvalue weighted by atomic mass is 16.4. The smallest absolute Gasteiger partial charge is 0.326 e. The summed E-state index contributed by atoms with van der Waals surface area (Å²) in [5.74, 6) is -2.67. The van der Waals surface area contributed by atoms with Crippen LogP contribution in [0.3, 0.4) is 0 Å². The molecule has 0 unspecified atom stereocenters. The fourth-order valence-corrected chi connectivity index (χ4v) is 4.82. The lowest BCUT2D eigenvalue weighted by Crippen LogP contribution is -2.61. The van der Waals surface area contributed by atoms with Crippen molar-refractivity contribution in [2.75, 3.05) is 10.2 Å². The van der Waals surface area contributed by atoms with Gasteiger partial charge in [0, 0.05) is 23.5 Å². The fraction of sp³-hybridized carbons (Fsp3) is 0.357. The number of aliphatic carboxylic acids is 1. The predicted octanol–water partition coefficient (Wildman–Crippen LogP) is 3.50. The van der Waals surface area contributed by atoms with E-state index in [0.29, 0.717) is 11.4 Å². The van der Waals surface area contributed by atoms with Crippen LogP contribution in [0.1, 0.15) is 33.3 Å². The van der Waals surface area contributed by atoms with Crippen molar-refractivity contribution < 1.29 is 24.3 Å². The van der Waals surface area contributed by atoms with Gasteiger partial charge in [-0.25, -0.2) is 9.59 Å². The standard InChI is InChI=1S/C28H33N5O5/c1-15(2)23(25(34)31-21(27(36)37)13-17-14-29-19-10-6-5-9-18(17)19)32-28(38)33-22-12-8-7-11-20(22)30-26(35)24(33)16(3)4/h5-12,14-16,21,23-24,29H,13H2,1-4H3,(H,30,35)(H,31,34)(H,32,38)(H,36,37)/t21-,23+,24-/m0/s1. The minimum atomic E-state index is -1.20. The third-order valence-corrected chi connectivity index (χ3v) is 6.76. The zero-order valence-electron chi connectivity index (χ0n) is 21.8. The molecule has 2 aromatic carbocycles. The molecule has 0 saturated heterocycles. The highest BCUT2D eigenvalue weighted by Gasteiger charge is 2.40. The number of carbonyl (C=O) groups is 4. The van der Waals surface area contributed by atoms with Gasteiger partial charge < -0.3 is 26.0 Å². The summed E-state index contributed by atoms with van der Waals surface area (Å²) in [5, 5.41) is 19.0. The number of anilines is 2. The average Bonchev–Trinajstić information content (AvgIpc) is 3.28. The minimum absolute atomic E-state index is 0.0684. The molecule has 1 aliphatic rings. The molecule has 0 spiro atoms. The number of aromatic amines is 1. The van der Waals surface area contributed by atoms with Gasteiger partial charge in [0.05, 0.1) is 11.4 Å². The number of fused-ring (bicyclic) bond motifs is 2. The number of nitrogens with one attached hydrogen (secondary N) is 4. The maximum atomic E-state index is 13.6. The summed E-state index contributed by atoms with van der Waals surface area (Å²) in [6.45, 7) is 7.20. The van der Waals surface area contributed by atoms with Crippen LogP contribution in [0.2, 0.25) is 0 Å². The Morgan fingerprint density at radius 2 is 1.68 bits per heavy atom. The Hall–Kier alpha value is -4.34. The number of hydrogen-bond acceptors (Lipinski definition) is 4. The second-order valence-corrected chi connectivity index (χ2v) is 10.2. The van der Waals surface area contributed by atoms with E-state index in [1.54, 1.807) is 44.3 Å². The Morgan fingerprint density at radius 3 is 2.37 bits per heavy atom. The minimum Gasteiger partial charge on any atom is -0.480 e. The van der Waals surface area contributed by atoms with Crippen molar-refractivity contribution in [1.29, 1.82) is 0 Å². The summed E-state index contributed by atoms with van der Waals surface area (Å²) < 4.78 is 0. The first-order valence-electron chi connectivity index (χ1n) is 12.7. The van der Waals surface area contributed by atoms with Crippen molar-refractivity contribution in [2.45, 2.75) is 52.2 Å². The molecule has 2 heterocycles. The Labute approximate surface area is 220 Å². The molecule has 3 aromatic rings. The number of para-hydroxylation sites is 3. The summed E-state index contributed by atoms with van der Waals surface area (Å²) in [4.78, 5) is 56.4. The van der Waals surface area contributed by atoms with Crippen molar-refractivity contribution in [3.63, 3.8) is 0 Å². The molecule has 0 fully saturated rings. The maximum Gasteiger partial charge on any atom is 0.326 e. The number of carboxylic acids is 1. The average molecular weight is 520 g/mol. The molecule has 3 atom stereocenters. The van der Waals surface area contributed by atoms with Gasteiger partial charge in [0.25, 0.3) is 0 Å². The first-order valence-corrected chi connectivity index (χ1v) is 12.7. The summed E-state index contributed by atoms with van der Waals surface area (Å²) in [5.41, 5.74) is 2.65. The second kappa shape index (κ2) is 11.0. The quantitative estimate of drug-likeness (QED) is 0.309. The Morgan fingerprint density at radius 1 is 1.00 bits per heavy atom. The number of rotatable bonds is 8. The highest BCUT2D eigenvalue weighted by Crippen LogP contribution is 2.34. The molecule has 200 valence electrons. The normalized spacial score (nSPS) is 16.6. The number of urea groups is 1. The van der Waals surface area contributed by atoms with Gasteiger partial charge in [0.1, 0.15) is 18.1 Å². The summed E-state index contributed by atoms with van der Waals surface area (Å²) in [6, 6.07) is 10.9. The third-order valence-electron chi connectivity index (χ3n) is 6.76. The molecule has 4 amide bonds. The molecule has 4 rings (SSSR count). The lowest BCUT2D eigenvalue weighted by Gasteiger charge is -2.39. The molecule has 0 saturated carbocycles. The molecule has 0 radical (unpaired) electrons. The molecular weight excluding hydrogens is 486 g/mol. The molecule has 0 bridgehead atoms. The van der Waals surface area contributed by atoms with Gasteiger partial charge in [-0.2, -0.15) is 0 Å². The van der Waals surface area contributed by atoms with E-state index < -0.39 is 36.0 Å². The number of hydrogen-bond donors (Lipinski definition) is 5. The van der Waals surface area contributed by atoms with Crippen LogP contribution in [-0.2, 0) is 20.8 Å². The van der Waals surface area contributed by atoms with Gasteiger partial charge in [-0.05, 0) is 35.6 Å². The molecule has 0 aliphatic carbocycles. The van der Waals surface area contributed by atoms with Crippen LogP contribution in [0.4, 0.5) is 16.2 Å². The van der Waals surface area contributed by atoms with Crippen molar-refractivity contribution in [2.24, 2.45) is 11.8 Å². The fourth-order valence-electron chi connectivity index (χ4n) is 4.82. The van der Waals surface area contributed by atoms with E-state index in [0.717, 1.165) is 16.5 Å². The molecule has 38 heavy (non-hydrogen) atoms. The maximum absolute atomic E-state index is 13.6. The van der Waals surface area contributed by atoms with Gasteiger partial charge in [-0.15, -0.1) is 0 Å². The summed E-state index contributed by atoms with van der Waals surface area (Å²) >= 11 is 0. The Kier molecular flexibility index (Phi) is 7.70. The van der Waals surface area contributed by atoms with Crippen LogP contribution < -0.4 is 20.9 Å². The van der Waals surface area contributed by atoms with Crippen LogP contribution >= 0.6 is 0 Å². The van der Waals surface area contributed by atoms with Crippen molar-refractivity contribution in [1.82, 2.24) is 15.6 Å². The zero-order valence-corrected chi connectivity index (χ0v) is 21.8. The molecule has 10 nitrogen and oxygen atoms in total. The number of amides is 4. The third kappa shape index (κ3) is 5.34. The van der Waals surface area contributed by atoms with E-state index in [9.17, 15) is 24.3 Å².